The standard InChI is InChI=1S/C16H21F2NO2/c17-11-5-6-12(13(18)9-11)15(20)10-19-7-8-21-16-4-2-1-3-14(16)19/h5-6,9,14-16,20H,1-4,7-8,10H2. The van der Waals surface area contributed by atoms with Crippen molar-refractivity contribution in [1.29, 1.82) is 0 Å². The lowest BCUT2D eigenvalue weighted by molar-refractivity contribution is -0.0976. The number of β-amino-alcohol motifs (C(OH)–C–C–N with tert-alkyl or cyclic N) is 1. The van der Waals surface area contributed by atoms with Crippen LogP contribution in [0.2, 0.25) is 0 Å². The molecule has 116 valence electrons. The molecule has 3 unspecified atom stereocenters. The van der Waals surface area contributed by atoms with Gasteiger partial charge in [-0.15, -0.1) is 0 Å². The molecule has 3 nitrogen and oxygen atoms in total. The summed E-state index contributed by atoms with van der Waals surface area (Å²) in [6, 6.07) is 3.64. The van der Waals surface area contributed by atoms with E-state index in [1.54, 1.807) is 0 Å². The van der Waals surface area contributed by atoms with E-state index in [0.717, 1.165) is 25.5 Å². The van der Waals surface area contributed by atoms with Gasteiger partial charge in [0.1, 0.15) is 11.6 Å². The van der Waals surface area contributed by atoms with Crippen LogP contribution in [-0.4, -0.2) is 41.8 Å². The van der Waals surface area contributed by atoms with Crippen molar-refractivity contribution in [3.8, 4) is 0 Å². The van der Waals surface area contributed by atoms with Crippen LogP contribution in [-0.2, 0) is 4.74 Å². The summed E-state index contributed by atoms with van der Waals surface area (Å²) < 4.78 is 32.5. The molecule has 1 N–H and O–H groups in total. The zero-order valence-electron chi connectivity index (χ0n) is 12.0. The van der Waals surface area contributed by atoms with E-state index in [-0.39, 0.29) is 11.7 Å². The highest BCUT2D eigenvalue weighted by molar-refractivity contribution is 5.21. The van der Waals surface area contributed by atoms with Crippen molar-refractivity contribution in [2.75, 3.05) is 19.7 Å². The quantitative estimate of drug-likeness (QED) is 0.931. The fourth-order valence-corrected chi connectivity index (χ4v) is 3.50. The Balaban J connectivity index is 1.69. The van der Waals surface area contributed by atoms with Crippen LogP contribution in [0.3, 0.4) is 0 Å². The van der Waals surface area contributed by atoms with Crippen LogP contribution in [0.1, 0.15) is 37.4 Å². The van der Waals surface area contributed by atoms with Crippen molar-refractivity contribution >= 4 is 0 Å². The molecule has 0 aromatic heterocycles. The molecule has 21 heavy (non-hydrogen) atoms. The molecule has 1 aromatic carbocycles. The number of hydrogen-bond acceptors (Lipinski definition) is 3. The van der Waals surface area contributed by atoms with Gasteiger partial charge in [0.05, 0.1) is 18.8 Å². The fourth-order valence-electron chi connectivity index (χ4n) is 3.50. The molecule has 3 atom stereocenters. The van der Waals surface area contributed by atoms with Gasteiger partial charge < -0.3 is 9.84 Å². The summed E-state index contributed by atoms with van der Waals surface area (Å²) in [5.74, 6) is -1.31. The molecular weight excluding hydrogens is 276 g/mol. The van der Waals surface area contributed by atoms with E-state index in [4.69, 9.17) is 4.74 Å². The number of nitrogens with zero attached hydrogens (tertiary/aromatic N) is 1. The summed E-state index contributed by atoms with van der Waals surface area (Å²) in [5, 5.41) is 10.3. The molecule has 1 saturated heterocycles. The summed E-state index contributed by atoms with van der Waals surface area (Å²) >= 11 is 0. The third kappa shape index (κ3) is 3.25. The maximum Gasteiger partial charge on any atom is 0.131 e. The molecule has 1 aliphatic heterocycles. The lowest BCUT2D eigenvalue weighted by atomic mass is 9.89. The van der Waals surface area contributed by atoms with Crippen LogP contribution in [0.25, 0.3) is 0 Å². The van der Waals surface area contributed by atoms with E-state index in [0.29, 0.717) is 19.2 Å². The average Bonchev–Trinajstić information content (AvgIpc) is 2.47. The van der Waals surface area contributed by atoms with Crippen LogP contribution < -0.4 is 0 Å². The Morgan fingerprint density at radius 1 is 1.29 bits per heavy atom. The smallest absolute Gasteiger partial charge is 0.131 e. The normalized spacial score (nSPS) is 28.1. The van der Waals surface area contributed by atoms with E-state index in [2.05, 4.69) is 4.90 Å². The summed E-state index contributed by atoms with van der Waals surface area (Å²) in [6.07, 6.45) is 3.77. The fraction of sp³-hybridized carbons (Fsp3) is 0.625. The maximum atomic E-state index is 13.7. The lowest BCUT2D eigenvalue weighted by Gasteiger charge is -2.44. The number of hydrogen-bond donors (Lipinski definition) is 1. The topological polar surface area (TPSA) is 32.7 Å². The SMILES string of the molecule is OC(CN1CCOC2CCCCC21)c1ccc(F)cc1F. The second-order valence-corrected chi connectivity index (χ2v) is 5.94. The number of aliphatic hydroxyl groups excluding tert-OH is 1. The molecule has 0 spiro atoms. The monoisotopic (exact) mass is 297 g/mol. The van der Waals surface area contributed by atoms with Gasteiger partial charge in [-0.1, -0.05) is 18.9 Å². The minimum Gasteiger partial charge on any atom is -0.387 e. The first-order valence-corrected chi connectivity index (χ1v) is 7.64. The van der Waals surface area contributed by atoms with Gasteiger partial charge in [-0.3, -0.25) is 4.90 Å². The first kappa shape index (κ1) is 14.9. The second-order valence-electron chi connectivity index (χ2n) is 5.94. The van der Waals surface area contributed by atoms with Gasteiger partial charge in [0.25, 0.3) is 0 Å². The van der Waals surface area contributed by atoms with Crippen molar-refractivity contribution in [3.63, 3.8) is 0 Å². The highest BCUT2D eigenvalue weighted by atomic mass is 19.1. The number of aliphatic hydroxyl groups is 1. The van der Waals surface area contributed by atoms with Gasteiger partial charge >= 0.3 is 0 Å². The highest BCUT2D eigenvalue weighted by Crippen LogP contribution is 2.30. The van der Waals surface area contributed by atoms with Gasteiger partial charge in [-0.2, -0.15) is 0 Å². The minimum atomic E-state index is -0.939. The Morgan fingerprint density at radius 3 is 2.90 bits per heavy atom. The summed E-state index contributed by atoms with van der Waals surface area (Å²) in [7, 11) is 0. The molecule has 0 radical (unpaired) electrons. The average molecular weight is 297 g/mol. The van der Waals surface area contributed by atoms with E-state index in [9.17, 15) is 13.9 Å². The van der Waals surface area contributed by atoms with Crippen LogP contribution in [0.15, 0.2) is 18.2 Å². The number of halogens is 2. The second kappa shape index (κ2) is 6.38. The van der Waals surface area contributed by atoms with Crippen molar-refractivity contribution in [2.45, 2.75) is 43.9 Å². The van der Waals surface area contributed by atoms with E-state index >= 15 is 0 Å². The number of ether oxygens (including phenoxy) is 1. The summed E-state index contributed by atoms with van der Waals surface area (Å²) in [6.45, 7) is 1.77. The van der Waals surface area contributed by atoms with E-state index < -0.39 is 17.7 Å². The minimum absolute atomic E-state index is 0.162. The van der Waals surface area contributed by atoms with Crippen LogP contribution in [0, 0.1) is 11.6 Å². The summed E-state index contributed by atoms with van der Waals surface area (Å²) in [4.78, 5) is 2.20. The molecule has 1 heterocycles. The van der Waals surface area contributed by atoms with Crippen LogP contribution in [0.5, 0.6) is 0 Å². The molecule has 2 aliphatic rings. The van der Waals surface area contributed by atoms with Crippen molar-refractivity contribution in [3.05, 3.63) is 35.4 Å². The lowest BCUT2D eigenvalue weighted by Crippen LogP contribution is -2.53. The van der Waals surface area contributed by atoms with Crippen LogP contribution in [0.4, 0.5) is 8.78 Å². The Kier molecular flexibility index (Phi) is 4.52. The van der Waals surface area contributed by atoms with Crippen molar-refractivity contribution in [1.82, 2.24) is 4.90 Å². The number of morpholine rings is 1. The maximum absolute atomic E-state index is 13.7. The Bertz CT molecular complexity index is 495. The molecule has 5 heteroatoms. The largest absolute Gasteiger partial charge is 0.387 e. The van der Waals surface area contributed by atoms with E-state index in [1.807, 2.05) is 0 Å². The van der Waals surface area contributed by atoms with Gasteiger partial charge in [-0.05, 0) is 18.9 Å². The van der Waals surface area contributed by atoms with Crippen LogP contribution >= 0.6 is 0 Å². The molecule has 2 fully saturated rings. The Hall–Kier alpha value is -1.04. The van der Waals surface area contributed by atoms with Gasteiger partial charge in [0.2, 0.25) is 0 Å². The zero-order valence-corrected chi connectivity index (χ0v) is 12.0. The highest BCUT2D eigenvalue weighted by Gasteiger charge is 2.35. The molecule has 1 aliphatic carbocycles. The molecule has 3 rings (SSSR count). The third-order valence-electron chi connectivity index (χ3n) is 4.58. The first-order chi connectivity index (χ1) is 10.1. The van der Waals surface area contributed by atoms with Gasteiger partial charge in [0, 0.05) is 30.8 Å². The molecular formula is C16H21F2NO2. The van der Waals surface area contributed by atoms with E-state index in [1.165, 1.54) is 25.0 Å². The molecule has 0 bridgehead atoms. The van der Waals surface area contributed by atoms with Gasteiger partial charge in [0.15, 0.2) is 0 Å². The first-order valence-electron chi connectivity index (χ1n) is 7.64. The van der Waals surface area contributed by atoms with Crippen molar-refractivity contribution < 1.29 is 18.6 Å². The zero-order chi connectivity index (χ0) is 14.8. The van der Waals surface area contributed by atoms with Crippen molar-refractivity contribution in [2.24, 2.45) is 0 Å². The number of fused-ring (bicyclic) bond motifs is 1. The molecule has 1 aromatic rings. The van der Waals surface area contributed by atoms with Gasteiger partial charge in [-0.25, -0.2) is 8.78 Å². The number of rotatable bonds is 3. The molecule has 0 amide bonds. The predicted octanol–water partition coefficient (Wildman–Crippen LogP) is 2.64. The third-order valence-corrected chi connectivity index (χ3v) is 4.58. The number of benzene rings is 1. The Morgan fingerprint density at radius 2 is 2.10 bits per heavy atom. The Labute approximate surface area is 123 Å². The predicted molar refractivity (Wildman–Crippen MR) is 74.9 cm³/mol. The molecule has 1 saturated carbocycles. The summed E-state index contributed by atoms with van der Waals surface area (Å²) in [5.41, 5.74) is 0.162.